The van der Waals surface area contributed by atoms with Crippen molar-refractivity contribution in [3.8, 4) is 0 Å². The van der Waals surface area contributed by atoms with Crippen LogP contribution in [-0.4, -0.2) is 36.6 Å². The van der Waals surface area contributed by atoms with Gasteiger partial charge in [0.25, 0.3) is 0 Å². The van der Waals surface area contributed by atoms with Gasteiger partial charge in [0.1, 0.15) is 0 Å². The fourth-order valence-electron chi connectivity index (χ4n) is 2.59. The molecule has 2 atom stereocenters. The largest absolute Gasteiger partial charge is 0.314 e. The van der Waals surface area contributed by atoms with Crippen LogP contribution >= 0.6 is 0 Å². The second kappa shape index (κ2) is 7.38. The van der Waals surface area contributed by atoms with E-state index in [4.69, 9.17) is 0 Å². The Balaban J connectivity index is 2.19. The molecule has 2 unspecified atom stereocenters. The predicted octanol–water partition coefficient (Wildman–Crippen LogP) is 3.13. The molecule has 1 heterocycles. The summed E-state index contributed by atoms with van der Waals surface area (Å²) >= 11 is 0. The normalized spacial score (nSPS) is 23.8. The summed E-state index contributed by atoms with van der Waals surface area (Å²) < 4.78 is 0. The zero-order chi connectivity index (χ0) is 12.8. The lowest BCUT2D eigenvalue weighted by Gasteiger charge is -2.25. The third-order valence-electron chi connectivity index (χ3n) is 3.92. The number of nitrogens with zero attached hydrogens (tertiary/aromatic N) is 1. The van der Waals surface area contributed by atoms with Crippen molar-refractivity contribution in [3.63, 3.8) is 0 Å². The zero-order valence-electron chi connectivity index (χ0n) is 12.5. The predicted molar refractivity (Wildman–Crippen MR) is 76.4 cm³/mol. The molecule has 0 aromatic heterocycles. The second-order valence-electron chi connectivity index (χ2n) is 6.53. The first-order chi connectivity index (χ1) is 7.99. The molecule has 2 heteroatoms. The molecule has 1 fully saturated rings. The molecule has 0 radical (unpaired) electrons. The lowest BCUT2D eigenvalue weighted by atomic mass is 10.0. The molecular weight excluding hydrogens is 208 g/mol. The number of rotatable bonds is 7. The first-order valence-electron chi connectivity index (χ1n) is 7.46. The Morgan fingerprint density at radius 3 is 2.41 bits per heavy atom. The molecule has 0 spiro atoms. The molecule has 1 saturated heterocycles. The Hall–Kier alpha value is -0.0800. The van der Waals surface area contributed by atoms with E-state index in [0.29, 0.717) is 6.04 Å². The van der Waals surface area contributed by atoms with Crippen molar-refractivity contribution >= 4 is 0 Å². The molecule has 0 aromatic rings. The fraction of sp³-hybridized carbons (Fsp3) is 1.00. The number of hydrogen-bond acceptors (Lipinski definition) is 2. The van der Waals surface area contributed by atoms with Gasteiger partial charge in [0.05, 0.1) is 0 Å². The second-order valence-corrected chi connectivity index (χ2v) is 6.53. The van der Waals surface area contributed by atoms with Crippen molar-refractivity contribution in [3.05, 3.63) is 0 Å². The molecule has 2 nitrogen and oxygen atoms in total. The van der Waals surface area contributed by atoms with Crippen LogP contribution in [0.25, 0.3) is 0 Å². The van der Waals surface area contributed by atoms with Gasteiger partial charge in [-0.1, -0.05) is 27.7 Å². The van der Waals surface area contributed by atoms with Crippen LogP contribution in [0.1, 0.15) is 53.9 Å². The van der Waals surface area contributed by atoms with E-state index in [-0.39, 0.29) is 0 Å². The molecule has 1 aliphatic rings. The van der Waals surface area contributed by atoms with Crippen LogP contribution in [0.2, 0.25) is 0 Å². The Bertz CT molecular complexity index is 201. The average molecular weight is 240 g/mol. The zero-order valence-corrected chi connectivity index (χ0v) is 12.5. The minimum absolute atomic E-state index is 0.627. The van der Waals surface area contributed by atoms with Gasteiger partial charge >= 0.3 is 0 Å². The quantitative estimate of drug-likeness (QED) is 0.735. The highest BCUT2D eigenvalue weighted by Crippen LogP contribution is 2.21. The molecule has 102 valence electrons. The number of nitrogens with one attached hydrogen (secondary N) is 1. The van der Waals surface area contributed by atoms with Crippen molar-refractivity contribution in [2.24, 2.45) is 11.8 Å². The van der Waals surface area contributed by atoms with Crippen molar-refractivity contribution in [2.45, 2.75) is 66.0 Å². The summed E-state index contributed by atoms with van der Waals surface area (Å²) in [5.41, 5.74) is 0. The smallest absolute Gasteiger partial charge is 0.00671 e. The summed E-state index contributed by atoms with van der Waals surface area (Å²) in [4.78, 5) is 2.69. The average Bonchev–Trinajstić information content (AvgIpc) is 2.71. The van der Waals surface area contributed by atoms with Gasteiger partial charge in [0.15, 0.2) is 0 Å². The third kappa shape index (κ3) is 5.87. The summed E-state index contributed by atoms with van der Waals surface area (Å²) in [6.45, 7) is 15.3. The van der Waals surface area contributed by atoms with Gasteiger partial charge in [-0.3, -0.25) is 0 Å². The van der Waals surface area contributed by atoms with Crippen molar-refractivity contribution < 1.29 is 0 Å². The first-order valence-corrected chi connectivity index (χ1v) is 7.46. The van der Waals surface area contributed by atoms with Gasteiger partial charge in [-0.15, -0.1) is 0 Å². The van der Waals surface area contributed by atoms with Crippen molar-refractivity contribution in [1.29, 1.82) is 0 Å². The molecule has 1 N–H and O–H groups in total. The molecule has 1 aliphatic heterocycles. The summed E-state index contributed by atoms with van der Waals surface area (Å²) in [6, 6.07) is 1.41. The number of likely N-dealkylation sites (tertiary alicyclic amines) is 1. The molecule has 1 rings (SSSR count). The Kier molecular flexibility index (Phi) is 6.50. The minimum atomic E-state index is 0.627. The SMILES string of the molecule is CC(C)CCC(C)N1CCC(CNC(C)C)C1. The van der Waals surface area contributed by atoms with Gasteiger partial charge in [0.2, 0.25) is 0 Å². The van der Waals surface area contributed by atoms with Gasteiger partial charge in [-0.05, 0) is 51.1 Å². The maximum atomic E-state index is 3.57. The monoisotopic (exact) mass is 240 g/mol. The van der Waals surface area contributed by atoms with Gasteiger partial charge < -0.3 is 10.2 Å². The standard InChI is InChI=1S/C15H32N2/c1-12(2)6-7-14(5)17-9-8-15(11-17)10-16-13(3)4/h12-16H,6-11H2,1-5H3. The van der Waals surface area contributed by atoms with Crippen LogP contribution in [0.3, 0.4) is 0 Å². The fourth-order valence-corrected chi connectivity index (χ4v) is 2.59. The topological polar surface area (TPSA) is 15.3 Å². The van der Waals surface area contributed by atoms with Crippen LogP contribution in [0.5, 0.6) is 0 Å². The highest BCUT2D eigenvalue weighted by atomic mass is 15.2. The summed E-state index contributed by atoms with van der Waals surface area (Å²) in [7, 11) is 0. The van der Waals surface area contributed by atoms with E-state index >= 15 is 0 Å². The van der Waals surface area contributed by atoms with Crippen LogP contribution in [0.15, 0.2) is 0 Å². The van der Waals surface area contributed by atoms with E-state index in [9.17, 15) is 0 Å². The molecular formula is C15H32N2. The van der Waals surface area contributed by atoms with E-state index in [1.165, 1.54) is 38.9 Å². The molecule has 0 bridgehead atoms. The highest BCUT2D eigenvalue weighted by Gasteiger charge is 2.25. The Labute approximate surface area is 108 Å². The van der Waals surface area contributed by atoms with Crippen molar-refractivity contribution in [1.82, 2.24) is 10.2 Å². The van der Waals surface area contributed by atoms with Crippen molar-refractivity contribution in [2.75, 3.05) is 19.6 Å². The molecule has 0 saturated carbocycles. The van der Waals surface area contributed by atoms with Crippen LogP contribution < -0.4 is 5.32 Å². The number of hydrogen-bond donors (Lipinski definition) is 1. The van der Waals surface area contributed by atoms with Gasteiger partial charge in [-0.25, -0.2) is 0 Å². The van der Waals surface area contributed by atoms with E-state index in [0.717, 1.165) is 17.9 Å². The highest BCUT2D eigenvalue weighted by molar-refractivity contribution is 4.81. The van der Waals surface area contributed by atoms with Crippen LogP contribution in [0.4, 0.5) is 0 Å². The van der Waals surface area contributed by atoms with E-state index in [2.05, 4.69) is 44.8 Å². The Morgan fingerprint density at radius 2 is 1.82 bits per heavy atom. The summed E-state index contributed by atoms with van der Waals surface area (Å²) in [6.07, 6.45) is 4.11. The summed E-state index contributed by atoms with van der Waals surface area (Å²) in [5.74, 6) is 1.72. The lowest BCUT2D eigenvalue weighted by Crippen LogP contribution is -2.34. The molecule has 0 aromatic carbocycles. The van der Waals surface area contributed by atoms with Gasteiger partial charge in [0, 0.05) is 18.6 Å². The molecule has 0 aliphatic carbocycles. The van der Waals surface area contributed by atoms with Gasteiger partial charge in [-0.2, -0.15) is 0 Å². The molecule has 0 amide bonds. The van der Waals surface area contributed by atoms with E-state index in [1.54, 1.807) is 0 Å². The third-order valence-corrected chi connectivity index (χ3v) is 3.92. The van der Waals surface area contributed by atoms with Crippen LogP contribution in [-0.2, 0) is 0 Å². The maximum Gasteiger partial charge on any atom is 0.00671 e. The molecule has 17 heavy (non-hydrogen) atoms. The lowest BCUT2D eigenvalue weighted by molar-refractivity contribution is 0.227. The van der Waals surface area contributed by atoms with Crippen LogP contribution in [0, 0.1) is 11.8 Å². The minimum Gasteiger partial charge on any atom is -0.314 e. The summed E-state index contributed by atoms with van der Waals surface area (Å²) in [5, 5.41) is 3.57. The van der Waals surface area contributed by atoms with E-state index in [1.807, 2.05) is 0 Å². The van der Waals surface area contributed by atoms with E-state index < -0.39 is 0 Å². The maximum absolute atomic E-state index is 3.57. The Morgan fingerprint density at radius 1 is 1.12 bits per heavy atom. The first kappa shape index (κ1) is 15.0.